The van der Waals surface area contributed by atoms with Gasteiger partial charge in [0, 0.05) is 16.7 Å². The number of hydrogen-bond donors (Lipinski definition) is 0. The van der Waals surface area contributed by atoms with Crippen molar-refractivity contribution in [2.75, 3.05) is 20.2 Å². The molecule has 0 radical (unpaired) electrons. The molecular formula is C22H22INO4S. The third-order valence-electron chi connectivity index (χ3n) is 4.89. The van der Waals surface area contributed by atoms with Crippen LogP contribution < -0.4 is 0 Å². The normalized spacial score (nSPS) is 16.9. The van der Waals surface area contributed by atoms with Crippen LogP contribution in [0, 0.1) is 6.92 Å². The predicted octanol–water partition coefficient (Wildman–Crippen LogP) is 4.58. The molecule has 5 nitrogen and oxygen atoms in total. The number of aryl methyl sites for hydroxylation is 1. The standard InChI is InChI=1S/C22H22INO4S/c1-15-4-10-19(11-5-15)29(26,27)24-13-12-16(2)20(14-24)21(23)17-6-8-18(9-7-17)22(25)28-3/h4-12H,13-14H2,1-3H3/b21-20+. The number of methoxy groups -OCH3 is 1. The Balaban J connectivity index is 1.93. The van der Waals surface area contributed by atoms with E-state index in [-0.39, 0.29) is 5.97 Å². The Morgan fingerprint density at radius 3 is 2.17 bits per heavy atom. The molecule has 2 aromatic rings. The van der Waals surface area contributed by atoms with Crippen LogP contribution in [-0.4, -0.2) is 38.9 Å². The molecule has 0 saturated heterocycles. The molecule has 1 aliphatic heterocycles. The van der Waals surface area contributed by atoms with Crippen LogP contribution in [0.4, 0.5) is 0 Å². The number of carbonyl (C=O) groups is 1. The van der Waals surface area contributed by atoms with Crippen molar-refractivity contribution in [2.45, 2.75) is 18.7 Å². The van der Waals surface area contributed by atoms with Gasteiger partial charge in [0.25, 0.3) is 0 Å². The van der Waals surface area contributed by atoms with Gasteiger partial charge in [-0.05, 0) is 77.4 Å². The summed E-state index contributed by atoms with van der Waals surface area (Å²) in [6.45, 7) is 4.57. The van der Waals surface area contributed by atoms with Gasteiger partial charge in [-0.2, -0.15) is 4.31 Å². The van der Waals surface area contributed by atoms with E-state index in [2.05, 4.69) is 22.6 Å². The number of sulfonamides is 1. The predicted molar refractivity (Wildman–Crippen MR) is 122 cm³/mol. The van der Waals surface area contributed by atoms with Crippen LogP contribution in [0.5, 0.6) is 0 Å². The maximum atomic E-state index is 13.1. The monoisotopic (exact) mass is 523 g/mol. The lowest BCUT2D eigenvalue weighted by atomic mass is 10.0. The van der Waals surface area contributed by atoms with Crippen LogP contribution in [0.2, 0.25) is 0 Å². The molecule has 0 aliphatic carbocycles. The lowest BCUT2D eigenvalue weighted by molar-refractivity contribution is 0.0600. The van der Waals surface area contributed by atoms with Gasteiger partial charge in [0.1, 0.15) is 0 Å². The Bertz CT molecular complexity index is 1080. The summed E-state index contributed by atoms with van der Waals surface area (Å²) in [6.07, 6.45) is 1.94. The topological polar surface area (TPSA) is 63.7 Å². The van der Waals surface area contributed by atoms with E-state index in [1.165, 1.54) is 11.4 Å². The molecule has 0 aromatic heterocycles. The van der Waals surface area contributed by atoms with Crippen LogP contribution in [0.3, 0.4) is 0 Å². The van der Waals surface area contributed by atoms with Gasteiger partial charge in [0.15, 0.2) is 0 Å². The summed E-state index contributed by atoms with van der Waals surface area (Å²) >= 11 is 2.24. The summed E-state index contributed by atoms with van der Waals surface area (Å²) in [6, 6.07) is 14.0. The summed E-state index contributed by atoms with van der Waals surface area (Å²) in [7, 11) is -2.23. The molecule has 0 unspecified atom stereocenters. The van der Waals surface area contributed by atoms with Gasteiger partial charge < -0.3 is 4.74 Å². The highest BCUT2D eigenvalue weighted by Crippen LogP contribution is 2.33. The fourth-order valence-electron chi connectivity index (χ4n) is 3.06. The van der Waals surface area contributed by atoms with Crippen molar-refractivity contribution < 1.29 is 17.9 Å². The fourth-order valence-corrected chi connectivity index (χ4v) is 5.36. The zero-order valence-corrected chi connectivity index (χ0v) is 19.5. The van der Waals surface area contributed by atoms with E-state index in [0.29, 0.717) is 23.5 Å². The number of benzene rings is 2. The minimum atomic E-state index is -3.58. The first-order valence-electron chi connectivity index (χ1n) is 9.05. The van der Waals surface area contributed by atoms with Crippen LogP contribution in [0.1, 0.15) is 28.4 Å². The fraction of sp³-hybridized carbons (Fsp3) is 0.227. The van der Waals surface area contributed by atoms with Gasteiger partial charge in [-0.25, -0.2) is 13.2 Å². The van der Waals surface area contributed by atoms with Crippen molar-refractivity contribution in [3.05, 3.63) is 82.4 Å². The van der Waals surface area contributed by atoms with E-state index in [4.69, 9.17) is 4.74 Å². The molecule has 1 aliphatic rings. The third kappa shape index (κ3) is 4.62. The Kier molecular flexibility index (Phi) is 6.60. The number of hydrogen-bond acceptors (Lipinski definition) is 4. The smallest absolute Gasteiger partial charge is 0.337 e. The zero-order valence-electron chi connectivity index (χ0n) is 16.5. The maximum absolute atomic E-state index is 13.1. The highest BCUT2D eigenvalue weighted by Gasteiger charge is 2.28. The van der Waals surface area contributed by atoms with E-state index in [9.17, 15) is 13.2 Å². The van der Waals surface area contributed by atoms with Crippen LogP contribution in [-0.2, 0) is 14.8 Å². The van der Waals surface area contributed by atoms with Crippen molar-refractivity contribution in [1.82, 2.24) is 4.31 Å². The lowest BCUT2D eigenvalue weighted by Crippen LogP contribution is -2.36. The Morgan fingerprint density at radius 1 is 1.00 bits per heavy atom. The van der Waals surface area contributed by atoms with Crippen LogP contribution in [0.15, 0.2) is 70.6 Å². The Morgan fingerprint density at radius 2 is 1.59 bits per heavy atom. The highest BCUT2D eigenvalue weighted by atomic mass is 127. The number of halogens is 1. The summed E-state index contributed by atoms with van der Waals surface area (Å²) < 4.78 is 33.3. The number of carbonyl (C=O) groups excluding carboxylic acids is 1. The summed E-state index contributed by atoms with van der Waals surface area (Å²) in [5.74, 6) is -0.386. The van der Waals surface area contributed by atoms with Gasteiger partial charge >= 0.3 is 5.97 Å². The number of rotatable bonds is 4. The Labute approximate surface area is 185 Å². The highest BCUT2D eigenvalue weighted by molar-refractivity contribution is 14.1. The van der Waals surface area contributed by atoms with Crippen LogP contribution in [0.25, 0.3) is 3.58 Å². The van der Waals surface area contributed by atoms with E-state index in [0.717, 1.165) is 25.9 Å². The number of esters is 1. The van der Waals surface area contributed by atoms with Gasteiger partial charge in [-0.15, -0.1) is 0 Å². The molecular weight excluding hydrogens is 501 g/mol. The van der Waals surface area contributed by atoms with Gasteiger partial charge in [0.2, 0.25) is 10.0 Å². The number of nitrogens with zero attached hydrogens (tertiary/aromatic N) is 1. The molecule has 7 heteroatoms. The first-order valence-corrected chi connectivity index (χ1v) is 11.6. The molecule has 0 N–H and O–H groups in total. The average molecular weight is 523 g/mol. The largest absolute Gasteiger partial charge is 0.465 e. The molecule has 0 fully saturated rings. The van der Waals surface area contributed by atoms with E-state index in [1.807, 2.05) is 32.1 Å². The van der Waals surface area contributed by atoms with E-state index in [1.54, 1.807) is 36.4 Å². The summed E-state index contributed by atoms with van der Waals surface area (Å²) in [5, 5.41) is 0. The van der Waals surface area contributed by atoms with E-state index >= 15 is 0 Å². The molecule has 0 saturated carbocycles. The summed E-state index contributed by atoms with van der Waals surface area (Å²) in [4.78, 5) is 11.9. The lowest BCUT2D eigenvalue weighted by Gasteiger charge is -2.28. The minimum absolute atomic E-state index is 0.299. The van der Waals surface area contributed by atoms with Gasteiger partial charge in [0.05, 0.1) is 17.6 Å². The third-order valence-corrected chi connectivity index (χ3v) is 7.99. The second-order valence-corrected chi connectivity index (χ2v) is 9.88. The molecule has 0 spiro atoms. The van der Waals surface area contributed by atoms with Crippen molar-refractivity contribution >= 4 is 42.2 Å². The molecule has 0 amide bonds. The molecule has 2 aromatic carbocycles. The SMILES string of the molecule is COC(=O)c1ccc(/C(I)=C2/CN(S(=O)(=O)c3ccc(C)cc3)CC=C2C)cc1. The van der Waals surface area contributed by atoms with E-state index < -0.39 is 10.0 Å². The average Bonchev–Trinajstić information content (AvgIpc) is 2.73. The van der Waals surface area contributed by atoms with Crippen LogP contribution >= 0.6 is 22.6 Å². The second kappa shape index (κ2) is 8.81. The van der Waals surface area contributed by atoms with Crippen molar-refractivity contribution in [3.63, 3.8) is 0 Å². The maximum Gasteiger partial charge on any atom is 0.337 e. The van der Waals surface area contributed by atoms with Gasteiger partial charge in [-0.3, -0.25) is 0 Å². The minimum Gasteiger partial charge on any atom is -0.465 e. The van der Waals surface area contributed by atoms with Gasteiger partial charge in [-0.1, -0.05) is 35.9 Å². The second-order valence-electron chi connectivity index (χ2n) is 6.86. The molecule has 29 heavy (non-hydrogen) atoms. The molecule has 3 rings (SSSR count). The molecule has 0 atom stereocenters. The van der Waals surface area contributed by atoms with Crippen molar-refractivity contribution in [3.8, 4) is 0 Å². The molecule has 152 valence electrons. The first kappa shape index (κ1) is 21.7. The molecule has 0 bridgehead atoms. The van der Waals surface area contributed by atoms with Crippen molar-refractivity contribution in [2.24, 2.45) is 0 Å². The summed E-state index contributed by atoms with van der Waals surface area (Å²) in [5.41, 5.74) is 4.43. The van der Waals surface area contributed by atoms with Crippen molar-refractivity contribution in [1.29, 1.82) is 0 Å². The number of ether oxygens (including phenoxy) is 1. The molecule has 1 heterocycles. The quantitative estimate of drug-likeness (QED) is 0.435. The zero-order chi connectivity index (χ0) is 21.2. The first-order chi connectivity index (χ1) is 13.7. The Hall–Kier alpha value is -1.97.